The van der Waals surface area contributed by atoms with Crippen LogP contribution in [0.2, 0.25) is 0 Å². The van der Waals surface area contributed by atoms with E-state index < -0.39 is 4.92 Å². The minimum absolute atomic E-state index is 0.0521. The Balaban J connectivity index is 1.52. The first-order valence-corrected chi connectivity index (χ1v) is 7.54. The fraction of sp³-hybridized carbons (Fsp3) is 0.176. The first-order valence-electron chi connectivity index (χ1n) is 7.54. The smallest absolute Gasteiger partial charge is 0.269 e. The van der Waals surface area contributed by atoms with Gasteiger partial charge >= 0.3 is 0 Å². The highest BCUT2D eigenvalue weighted by molar-refractivity contribution is 5.56. The summed E-state index contributed by atoms with van der Waals surface area (Å²) in [4.78, 5) is 14.5. The number of aryl methyl sites for hydroxylation is 1. The summed E-state index contributed by atoms with van der Waals surface area (Å²) in [5, 5.41) is 15.0. The van der Waals surface area contributed by atoms with Crippen LogP contribution in [0.5, 0.6) is 5.75 Å². The fourth-order valence-corrected chi connectivity index (χ4v) is 2.20. The number of ether oxygens (including phenoxy) is 1. The third-order valence-electron chi connectivity index (χ3n) is 3.42. The Labute approximate surface area is 138 Å². The maximum absolute atomic E-state index is 10.7. The largest absolute Gasteiger partial charge is 0.494 e. The van der Waals surface area contributed by atoms with E-state index in [0.29, 0.717) is 19.0 Å². The quantitative estimate of drug-likeness (QED) is 0.378. The number of nitro groups is 1. The number of rotatable bonds is 7. The van der Waals surface area contributed by atoms with Gasteiger partial charge in [-0.25, -0.2) is 4.98 Å². The predicted octanol–water partition coefficient (Wildman–Crippen LogP) is 3.32. The van der Waals surface area contributed by atoms with Crippen molar-refractivity contribution >= 4 is 5.69 Å². The Morgan fingerprint density at radius 2 is 1.83 bits per heavy atom. The van der Waals surface area contributed by atoms with E-state index in [4.69, 9.17) is 4.74 Å². The van der Waals surface area contributed by atoms with Crippen molar-refractivity contribution < 1.29 is 9.66 Å². The van der Waals surface area contributed by atoms with Gasteiger partial charge < -0.3 is 4.74 Å². The van der Waals surface area contributed by atoms with Crippen molar-refractivity contribution in [1.29, 1.82) is 0 Å². The number of hydrogen-bond acceptors (Lipinski definition) is 5. The highest BCUT2D eigenvalue weighted by atomic mass is 16.6. The average molecular weight is 324 g/mol. The zero-order valence-corrected chi connectivity index (χ0v) is 12.9. The van der Waals surface area contributed by atoms with Crippen LogP contribution in [-0.2, 0) is 6.54 Å². The van der Waals surface area contributed by atoms with Crippen LogP contribution >= 0.6 is 0 Å². The second-order valence-corrected chi connectivity index (χ2v) is 5.15. The van der Waals surface area contributed by atoms with Gasteiger partial charge in [0.05, 0.1) is 11.5 Å². The molecule has 3 rings (SSSR count). The van der Waals surface area contributed by atoms with Crippen molar-refractivity contribution in [2.45, 2.75) is 13.0 Å². The summed E-state index contributed by atoms with van der Waals surface area (Å²) in [5.41, 5.74) is 0.802. The molecular formula is C17H16N4O3. The lowest BCUT2D eigenvalue weighted by Gasteiger charge is -2.05. The van der Waals surface area contributed by atoms with Gasteiger partial charge in [-0.05, 0) is 24.3 Å². The summed E-state index contributed by atoms with van der Waals surface area (Å²) in [6.07, 6.45) is 2.46. The van der Waals surface area contributed by atoms with Gasteiger partial charge in [-0.1, -0.05) is 18.2 Å². The van der Waals surface area contributed by atoms with Crippen LogP contribution in [-0.4, -0.2) is 26.3 Å². The maximum atomic E-state index is 10.7. The summed E-state index contributed by atoms with van der Waals surface area (Å²) in [6, 6.07) is 15.8. The predicted molar refractivity (Wildman–Crippen MR) is 88.7 cm³/mol. The molecule has 0 radical (unpaired) electrons. The van der Waals surface area contributed by atoms with Gasteiger partial charge in [-0.2, -0.15) is 5.10 Å². The molecule has 3 aromatic rings. The van der Waals surface area contributed by atoms with Gasteiger partial charge in [0.25, 0.3) is 5.69 Å². The van der Waals surface area contributed by atoms with Crippen molar-refractivity contribution in [3.05, 3.63) is 71.0 Å². The Kier molecular flexibility index (Phi) is 4.81. The van der Waals surface area contributed by atoms with Crippen molar-refractivity contribution in [1.82, 2.24) is 14.8 Å². The van der Waals surface area contributed by atoms with Crippen LogP contribution < -0.4 is 4.74 Å². The van der Waals surface area contributed by atoms with E-state index in [-0.39, 0.29) is 5.69 Å². The van der Waals surface area contributed by atoms with Gasteiger partial charge in [0.2, 0.25) is 0 Å². The van der Waals surface area contributed by atoms with E-state index >= 15 is 0 Å². The molecule has 0 fully saturated rings. The lowest BCUT2D eigenvalue weighted by atomic mass is 10.2. The number of nitrogens with zero attached hydrogens (tertiary/aromatic N) is 4. The van der Waals surface area contributed by atoms with E-state index in [2.05, 4.69) is 10.1 Å². The van der Waals surface area contributed by atoms with Crippen LogP contribution in [0.4, 0.5) is 5.69 Å². The molecule has 0 saturated heterocycles. The molecule has 7 nitrogen and oxygen atoms in total. The van der Waals surface area contributed by atoms with Gasteiger partial charge in [0, 0.05) is 30.7 Å². The molecule has 0 spiro atoms. The Morgan fingerprint density at radius 1 is 1.08 bits per heavy atom. The van der Waals surface area contributed by atoms with Gasteiger partial charge in [0.15, 0.2) is 5.82 Å². The Bertz CT molecular complexity index is 800. The molecule has 0 aliphatic heterocycles. The second-order valence-electron chi connectivity index (χ2n) is 5.15. The summed E-state index contributed by atoms with van der Waals surface area (Å²) >= 11 is 0. The monoisotopic (exact) mass is 324 g/mol. The zero-order valence-electron chi connectivity index (χ0n) is 12.9. The topological polar surface area (TPSA) is 83.1 Å². The molecule has 0 aliphatic carbocycles. The molecule has 0 N–H and O–H groups in total. The first kappa shape index (κ1) is 15.7. The minimum atomic E-state index is -0.428. The molecule has 1 heterocycles. The SMILES string of the molecule is O=[N+]([O-])c1ccc(-c2ncn(CCCOc3ccccc3)n2)cc1. The van der Waals surface area contributed by atoms with Gasteiger partial charge in [0.1, 0.15) is 12.1 Å². The maximum Gasteiger partial charge on any atom is 0.269 e. The summed E-state index contributed by atoms with van der Waals surface area (Å²) < 4.78 is 7.37. The number of non-ortho nitro benzene ring substituents is 1. The average Bonchev–Trinajstić information content (AvgIpc) is 3.09. The van der Waals surface area contributed by atoms with E-state index in [1.54, 1.807) is 23.1 Å². The number of para-hydroxylation sites is 1. The minimum Gasteiger partial charge on any atom is -0.494 e. The van der Waals surface area contributed by atoms with E-state index in [1.807, 2.05) is 30.3 Å². The van der Waals surface area contributed by atoms with Crippen LogP contribution in [0, 0.1) is 10.1 Å². The fourth-order valence-electron chi connectivity index (χ4n) is 2.20. The van der Waals surface area contributed by atoms with Crippen molar-refractivity contribution in [2.75, 3.05) is 6.61 Å². The summed E-state index contributed by atoms with van der Waals surface area (Å²) in [7, 11) is 0. The van der Waals surface area contributed by atoms with Crippen molar-refractivity contribution in [3.63, 3.8) is 0 Å². The Morgan fingerprint density at radius 3 is 2.54 bits per heavy atom. The number of nitro benzene ring substituents is 1. The first-order chi connectivity index (χ1) is 11.7. The highest BCUT2D eigenvalue weighted by Gasteiger charge is 2.08. The molecule has 0 unspecified atom stereocenters. The number of hydrogen-bond donors (Lipinski definition) is 0. The molecular weight excluding hydrogens is 308 g/mol. The van der Waals surface area contributed by atoms with E-state index in [1.165, 1.54) is 12.1 Å². The lowest BCUT2D eigenvalue weighted by Crippen LogP contribution is -2.05. The zero-order chi connectivity index (χ0) is 16.8. The third kappa shape index (κ3) is 3.95. The molecule has 1 aromatic heterocycles. The molecule has 2 aromatic carbocycles. The molecule has 0 bridgehead atoms. The summed E-state index contributed by atoms with van der Waals surface area (Å²) in [5.74, 6) is 1.40. The molecule has 24 heavy (non-hydrogen) atoms. The van der Waals surface area contributed by atoms with Crippen LogP contribution in [0.1, 0.15) is 6.42 Å². The number of aromatic nitrogens is 3. The van der Waals surface area contributed by atoms with Crippen molar-refractivity contribution in [3.8, 4) is 17.1 Å². The van der Waals surface area contributed by atoms with Crippen LogP contribution in [0.3, 0.4) is 0 Å². The van der Waals surface area contributed by atoms with Crippen LogP contribution in [0.15, 0.2) is 60.9 Å². The molecule has 7 heteroatoms. The van der Waals surface area contributed by atoms with Gasteiger partial charge in [-0.3, -0.25) is 14.8 Å². The molecule has 0 amide bonds. The second kappa shape index (κ2) is 7.36. The van der Waals surface area contributed by atoms with E-state index in [9.17, 15) is 10.1 Å². The molecule has 0 saturated carbocycles. The van der Waals surface area contributed by atoms with Crippen LogP contribution in [0.25, 0.3) is 11.4 Å². The molecule has 0 aliphatic rings. The van der Waals surface area contributed by atoms with Crippen molar-refractivity contribution in [2.24, 2.45) is 0 Å². The standard InChI is InChI=1S/C17H16N4O3/c22-21(23)15-9-7-14(8-10-15)17-18-13-20(19-17)11-4-12-24-16-5-2-1-3-6-16/h1-3,5-10,13H,4,11-12H2. The third-order valence-corrected chi connectivity index (χ3v) is 3.42. The lowest BCUT2D eigenvalue weighted by molar-refractivity contribution is -0.384. The molecule has 0 atom stereocenters. The summed E-state index contributed by atoms with van der Waals surface area (Å²) in [6.45, 7) is 1.28. The highest BCUT2D eigenvalue weighted by Crippen LogP contribution is 2.19. The van der Waals surface area contributed by atoms with E-state index in [0.717, 1.165) is 17.7 Å². The molecule has 122 valence electrons. The number of benzene rings is 2. The Hall–Kier alpha value is -3.22. The van der Waals surface area contributed by atoms with Gasteiger partial charge in [-0.15, -0.1) is 0 Å². The normalized spacial score (nSPS) is 10.5.